The van der Waals surface area contributed by atoms with Gasteiger partial charge in [0.15, 0.2) is 11.1 Å². The van der Waals surface area contributed by atoms with Crippen molar-refractivity contribution in [1.29, 1.82) is 0 Å². The van der Waals surface area contributed by atoms with Crippen LogP contribution in [-0.4, -0.2) is 28.3 Å². The van der Waals surface area contributed by atoms with E-state index in [0.717, 1.165) is 32.1 Å². The summed E-state index contributed by atoms with van der Waals surface area (Å²) in [5.74, 6) is 0.329. The van der Waals surface area contributed by atoms with Gasteiger partial charge in [-0.15, -0.1) is 0 Å². The molecule has 4 heteroatoms. The number of rotatable bonds is 4. The van der Waals surface area contributed by atoms with Gasteiger partial charge in [-0.3, -0.25) is 4.79 Å². The van der Waals surface area contributed by atoms with Gasteiger partial charge in [-0.05, 0) is 32.6 Å². The van der Waals surface area contributed by atoms with Gasteiger partial charge >= 0.3 is 0 Å². The topological polar surface area (TPSA) is 58.6 Å². The molecule has 0 unspecified atom stereocenters. The van der Waals surface area contributed by atoms with E-state index in [0.29, 0.717) is 5.76 Å². The summed E-state index contributed by atoms with van der Waals surface area (Å²) < 4.78 is 5.84. The molecule has 116 valence electrons. The molecular weight excluding hydrogens is 266 g/mol. The Labute approximate surface area is 126 Å². The first-order chi connectivity index (χ1) is 9.97. The summed E-state index contributed by atoms with van der Waals surface area (Å²) in [6.07, 6.45) is 8.29. The van der Waals surface area contributed by atoms with Gasteiger partial charge in [0.05, 0.1) is 12.0 Å². The quantitative estimate of drug-likeness (QED) is 0.781. The van der Waals surface area contributed by atoms with Crippen LogP contribution in [0.15, 0.2) is 24.5 Å². The first-order valence-electron chi connectivity index (χ1n) is 8.02. The number of aliphatic hydroxyl groups excluding tert-OH is 1. The predicted molar refractivity (Wildman–Crippen MR) is 80.4 cm³/mol. The van der Waals surface area contributed by atoms with Gasteiger partial charge in [0, 0.05) is 5.92 Å². The van der Waals surface area contributed by atoms with Gasteiger partial charge in [-0.2, -0.15) is 0 Å². The molecular formula is C17H25NO3. The normalized spacial score (nSPS) is 42.8. The third-order valence-electron chi connectivity index (χ3n) is 5.58. The molecule has 4 nitrogen and oxygen atoms in total. The summed E-state index contributed by atoms with van der Waals surface area (Å²) in [5, 5.41) is 14.0. The highest BCUT2D eigenvalue weighted by Gasteiger charge is 2.75. The van der Waals surface area contributed by atoms with E-state index < -0.39 is 17.2 Å². The Bertz CT molecular complexity index is 500. The van der Waals surface area contributed by atoms with Gasteiger partial charge in [0.25, 0.3) is 0 Å². The fourth-order valence-corrected chi connectivity index (χ4v) is 4.37. The maximum Gasteiger partial charge on any atom is 0.228 e. The standard InChI is InChI=1S/C17H25NO3/c1-4-8-13-15(20)18-17(11(2)21-16(13,17)3)14(19)12-9-6-5-7-10-12/h6,9,12-14,19H,2,4-5,7-8,10H2,1,3H3,(H,18,20)/t12-,13+,14-,16+,17-/m1/s1. The molecule has 0 bridgehead atoms. The van der Waals surface area contributed by atoms with Gasteiger partial charge in [-0.1, -0.05) is 32.1 Å². The van der Waals surface area contributed by atoms with E-state index in [4.69, 9.17) is 4.74 Å². The Morgan fingerprint density at radius 2 is 2.38 bits per heavy atom. The highest BCUT2D eigenvalue weighted by molar-refractivity contribution is 5.87. The SMILES string of the molecule is C=C1O[C@@]2(C)[C@@H](CCC)C(=O)N[C@@]12[C@H](O)[C@@H]1C=CCCC1. The average Bonchev–Trinajstić information content (AvgIpc) is 2.65. The highest BCUT2D eigenvalue weighted by Crippen LogP contribution is 2.57. The maximum atomic E-state index is 12.4. The number of aliphatic hydroxyl groups is 1. The highest BCUT2D eigenvalue weighted by atomic mass is 16.5. The van der Waals surface area contributed by atoms with Crippen molar-refractivity contribution in [2.75, 3.05) is 0 Å². The van der Waals surface area contributed by atoms with E-state index in [9.17, 15) is 9.90 Å². The lowest BCUT2D eigenvalue weighted by Crippen LogP contribution is -2.75. The van der Waals surface area contributed by atoms with E-state index >= 15 is 0 Å². The molecule has 5 atom stereocenters. The molecule has 0 saturated carbocycles. The number of fused-ring (bicyclic) bond motifs is 1. The number of nitrogens with one attached hydrogen (secondary N) is 1. The lowest BCUT2D eigenvalue weighted by Gasteiger charge is -2.58. The van der Waals surface area contributed by atoms with Crippen molar-refractivity contribution in [2.45, 2.75) is 63.2 Å². The molecule has 1 amide bonds. The summed E-state index contributed by atoms with van der Waals surface area (Å²) >= 11 is 0. The smallest absolute Gasteiger partial charge is 0.228 e. The minimum absolute atomic E-state index is 0.0168. The minimum Gasteiger partial charge on any atom is -0.486 e. The molecule has 0 aromatic heterocycles. The Kier molecular flexibility index (Phi) is 3.40. The van der Waals surface area contributed by atoms with Crippen LogP contribution in [0.2, 0.25) is 0 Å². The lowest BCUT2D eigenvalue weighted by atomic mass is 9.63. The minimum atomic E-state index is -0.823. The van der Waals surface area contributed by atoms with Crippen molar-refractivity contribution in [3.8, 4) is 0 Å². The van der Waals surface area contributed by atoms with Crippen LogP contribution in [0.5, 0.6) is 0 Å². The number of hydrogen-bond donors (Lipinski definition) is 2. The van der Waals surface area contributed by atoms with E-state index in [1.54, 1.807) is 0 Å². The number of carbonyl (C=O) groups is 1. The zero-order valence-electron chi connectivity index (χ0n) is 12.9. The van der Waals surface area contributed by atoms with Crippen LogP contribution in [0, 0.1) is 11.8 Å². The van der Waals surface area contributed by atoms with E-state index in [2.05, 4.69) is 31.0 Å². The van der Waals surface area contributed by atoms with Gasteiger partial charge in [0.1, 0.15) is 5.76 Å². The molecule has 2 heterocycles. The Balaban J connectivity index is 1.94. The lowest BCUT2D eigenvalue weighted by molar-refractivity contribution is -0.202. The van der Waals surface area contributed by atoms with Crippen LogP contribution in [0.25, 0.3) is 0 Å². The van der Waals surface area contributed by atoms with Crippen molar-refractivity contribution in [1.82, 2.24) is 5.32 Å². The van der Waals surface area contributed by atoms with E-state index in [1.807, 2.05) is 6.92 Å². The van der Waals surface area contributed by atoms with E-state index in [1.165, 1.54) is 0 Å². The summed E-state index contributed by atoms with van der Waals surface area (Å²) in [6, 6.07) is 0. The molecule has 2 saturated heterocycles. The van der Waals surface area contributed by atoms with Crippen molar-refractivity contribution in [3.05, 3.63) is 24.5 Å². The van der Waals surface area contributed by atoms with E-state index in [-0.39, 0.29) is 17.7 Å². The first-order valence-corrected chi connectivity index (χ1v) is 8.02. The Morgan fingerprint density at radius 3 is 2.95 bits per heavy atom. The van der Waals surface area contributed by atoms with Crippen LogP contribution < -0.4 is 5.32 Å². The van der Waals surface area contributed by atoms with Gasteiger partial charge in [-0.25, -0.2) is 0 Å². The molecule has 0 aromatic rings. The Morgan fingerprint density at radius 1 is 1.62 bits per heavy atom. The maximum absolute atomic E-state index is 12.4. The van der Waals surface area contributed by atoms with Crippen molar-refractivity contribution in [2.24, 2.45) is 11.8 Å². The molecule has 0 aromatic carbocycles. The average molecular weight is 291 g/mol. The number of amides is 1. The summed E-state index contributed by atoms with van der Waals surface area (Å²) in [7, 11) is 0. The summed E-state index contributed by atoms with van der Waals surface area (Å²) in [5.41, 5.74) is -1.50. The molecule has 1 aliphatic carbocycles. The molecule has 0 radical (unpaired) electrons. The predicted octanol–water partition coefficient (Wildman–Crippen LogP) is 2.29. The second-order valence-corrected chi connectivity index (χ2v) is 6.74. The van der Waals surface area contributed by atoms with Crippen molar-refractivity contribution < 1.29 is 14.6 Å². The monoisotopic (exact) mass is 291 g/mol. The number of ether oxygens (including phenoxy) is 1. The number of carbonyl (C=O) groups excluding carboxylic acids is 1. The van der Waals surface area contributed by atoms with Crippen molar-refractivity contribution in [3.63, 3.8) is 0 Å². The third-order valence-corrected chi connectivity index (χ3v) is 5.58. The zero-order valence-corrected chi connectivity index (χ0v) is 12.9. The molecule has 3 aliphatic rings. The molecule has 21 heavy (non-hydrogen) atoms. The van der Waals surface area contributed by atoms with Crippen LogP contribution in [-0.2, 0) is 9.53 Å². The summed E-state index contributed by atoms with van der Waals surface area (Å²) in [4.78, 5) is 12.4. The van der Waals surface area contributed by atoms with Crippen molar-refractivity contribution >= 4 is 5.91 Å². The number of allylic oxidation sites excluding steroid dienone is 1. The van der Waals surface area contributed by atoms with Crippen LogP contribution in [0.3, 0.4) is 0 Å². The first kappa shape index (κ1) is 14.6. The fourth-order valence-electron chi connectivity index (χ4n) is 4.37. The van der Waals surface area contributed by atoms with Gasteiger partial charge in [0.2, 0.25) is 5.91 Å². The fraction of sp³-hybridized carbons (Fsp3) is 0.706. The Hall–Kier alpha value is -1.29. The second-order valence-electron chi connectivity index (χ2n) is 6.74. The zero-order chi connectivity index (χ0) is 15.3. The molecule has 3 rings (SSSR count). The van der Waals surface area contributed by atoms with Gasteiger partial charge < -0.3 is 15.2 Å². The second kappa shape index (κ2) is 4.87. The third kappa shape index (κ3) is 1.75. The van der Waals surface area contributed by atoms with Crippen LogP contribution in [0.1, 0.15) is 46.0 Å². The van der Waals surface area contributed by atoms with Crippen LogP contribution in [0.4, 0.5) is 0 Å². The molecule has 2 aliphatic heterocycles. The molecule has 0 spiro atoms. The largest absolute Gasteiger partial charge is 0.486 e. The number of hydrogen-bond acceptors (Lipinski definition) is 3. The van der Waals surface area contributed by atoms with Crippen LogP contribution >= 0.6 is 0 Å². The molecule has 2 fully saturated rings. The summed E-state index contributed by atoms with van der Waals surface area (Å²) in [6.45, 7) is 7.94. The molecule has 2 N–H and O–H groups in total.